The Morgan fingerprint density at radius 2 is 1.65 bits per heavy atom. The van der Waals surface area contributed by atoms with Gasteiger partial charge in [-0.15, -0.1) is 0 Å². The highest BCUT2D eigenvalue weighted by Crippen LogP contribution is 2.38. The maximum Gasteiger partial charge on any atom is 0.350 e. The van der Waals surface area contributed by atoms with E-state index in [4.69, 9.17) is 14.2 Å². The molecule has 0 fully saturated rings. The van der Waals surface area contributed by atoms with Gasteiger partial charge in [-0.05, 0) is 18.2 Å². The highest BCUT2D eigenvalue weighted by molar-refractivity contribution is 5.91. The van der Waals surface area contributed by atoms with Crippen LogP contribution in [0.25, 0.3) is 0 Å². The number of ether oxygens (including phenoxy) is 3. The topological polar surface area (TPSA) is 125 Å². The molecule has 0 bridgehead atoms. The van der Waals surface area contributed by atoms with Gasteiger partial charge >= 0.3 is 11.9 Å². The summed E-state index contributed by atoms with van der Waals surface area (Å²) in [4.78, 5) is 34.4. The van der Waals surface area contributed by atoms with E-state index >= 15 is 0 Å². The van der Waals surface area contributed by atoms with Gasteiger partial charge in [0.1, 0.15) is 0 Å². The van der Waals surface area contributed by atoms with Crippen LogP contribution in [0.5, 0.6) is 11.5 Å². The lowest BCUT2D eigenvalue weighted by molar-refractivity contribution is -0.386. The molecule has 0 saturated carbocycles. The van der Waals surface area contributed by atoms with Crippen LogP contribution < -0.4 is 9.47 Å². The zero-order chi connectivity index (χ0) is 19.3. The number of rotatable bonds is 7. The van der Waals surface area contributed by atoms with Crippen LogP contribution in [0.2, 0.25) is 0 Å². The molecular weight excluding hydrogens is 346 g/mol. The number of benzene rings is 2. The Bertz CT molecular complexity index is 834. The first-order valence-corrected chi connectivity index (χ1v) is 7.28. The minimum Gasteiger partial charge on any atom is -0.493 e. The summed E-state index contributed by atoms with van der Waals surface area (Å²) < 4.78 is 15.0. The monoisotopic (exact) mass is 361 g/mol. The molecular formula is C17H15NO8. The second-order valence-corrected chi connectivity index (χ2v) is 5.01. The van der Waals surface area contributed by atoms with Crippen molar-refractivity contribution in [3.05, 3.63) is 63.7 Å². The third kappa shape index (κ3) is 3.89. The molecule has 0 saturated heterocycles. The van der Waals surface area contributed by atoms with E-state index in [1.54, 1.807) is 18.2 Å². The Balaban J connectivity index is 2.51. The van der Waals surface area contributed by atoms with Gasteiger partial charge in [-0.3, -0.25) is 10.1 Å². The molecule has 1 N–H and O–H groups in total. The van der Waals surface area contributed by atoms with Crippen molar-refractivity contribution in [1.29, 1.82) is 0 Å². The first-order chi connectivity index (χ1) is 12.4. The highest BCUT2D eigenvalue weighted by Gasteiger charge is 2.33. The molecule has 9 nitrogen and oxygen atoms in total. The number of carboxylic acids is 1. The van der Waals surface area contributed by atoms with E-state index in [2.05, 4.69) is 0 Å². The average molecular weight is 361 g/mol. The zero-order valence-corrected chi connectivity index (χ0v) is 13.9. The van der Waals surface area contributed by atoms with E-state index in [1.807, 2.05) is 0 Å². The number of aliphatic carboxylic acids is 1. The first kappa shape index (κ1) is 18.7. The van der Waals surface area contributed by atoms with E-state index in [1.165, 1.54) is 26.4 Å². The predicted molar refractivity (Wildman–Crippen MR) is 88.4 cm³/mol. The van der Waals surface area contributed by atoms with E-state index in [0.29, 0.717) is 0 Å². The van der Waals surface area contributed by atoms with E-state index in [-0.39, 0.29) is 22.6 Å². The first-order valence-electron chi connectivity index (χ1n) is 7.28. The van der Waals surface area contributed by atoms with Gasteiger partial charge in [0, 0.05) is 0 Å². The largest absolute Gasteiger partial charge is 0.493 e. The molecule has 0 aromatic heterocycles. The predicted octanol–water partition coefficient (Wildman–Crippen LogP) is 2.59. The van der Waals surface area contributed by atoms with Crippen molar-refractivity contribution in [1.82, 2.24) is 0 Å². The Hall–Kier alpha value is -3.62. The summed E-state index contributed by atoms with van der Waals surface area (Å²) in [5.74, 6) is -2.39. The number of carboxylic acid groups (broad SMARTS) is 1. The van der Waals surface area contributed by atoms with Crippen LogP contribution in [-0.4, -0.2) is 36.2 Å². The molecule has 1 unspecified atom stereocenters. The number of carbonyl (C=O) groups excluding carboxylic acids is 1. The minimum atomic E-state index is -1.90. The van der Waals surface area contributed by atoms with Crippen LogP contribution in [0, 0.1) is 10.1 Å². The van der Waals surface area contributed by atoms with Gasteiger partial charge in [-0.25, -0.2) is 9.59 Å². The summed E-state index contributed by atoms with van der Waals surface area (Å²) in [5.41, 5.74) is -0.803. The van der Waals surface area contributed by atoms with Crippen molar-refractivity contribution >= 4 is 17.6 Å². The second-order valence-electron chi connectivity index (χ2n) is 5.01. The van der Waals surface area contributed by atoms with E-state index < -0.39 is 28.7 Å². The Kier molecular flexibility index (Phi) is 5.74. The van der Waals surface area contributed by atoms with Crippen LogP contribution in [0.15, 0.2) is 42.5 Å². The van der Waals surface area contributed by atoms with Crippen molar-refractivity contribution in [3.8, 4) is 11.5 Å². The molecule has 0 aliphatic carbocycles. The van der Waals surface area contributed by atoms with Crippen LogP contribution in [0.1, 0.15) is 22.0 Å². The van der Waals surface area contributed by atoms with Crippen LogP contribution in [0.4, 0.5) is 5.69 Å². The molecule has 2 aromatic carbocycles. The van der Waals surface area contributed by atoms with Crippen LogP contribution >= 0.6 is 0 Å². The summed E-state index contributed by atoms with van der Waals surface area (Å²) in [7, 11) is 2.57. The van der Waals surface area contributed by atoms with Gasteiger partial charge in [0.25, 0.3) is 5.69 Å². The summed E-state index contributed by atoms with van der Waals surface area (Å²) in [6.45, 7) is 0. The maximum atomic E-state index is 12.2. The number of hydrogen-bond donors (Lipinski definition) is 1. The third-order valence-electron chi connectivity index (χ3n) is 3.47. The molecule has 9 heteroatoms. The number of methoxy groups -OCH3 is 2. The lowest BCUT2D eigenvalue weighted by atomic mass is 10.1. The van der Waals surface area contributed by atoms with Crippen LogP contribution in [-0.2, 0) is 9.53 Å². The van der Waals surface area contributed by atoms with Crippen molar-refractivity contribution in [2.24, 2.45) is 0 Å². The number of nitrogens with zero attached hydrogens (tertiary/aromatic N) is 1. The van der Waals surface area contributed by atoms with Crippen molar-refractivity contribution in [2.75, 3.05) is 14.2 Å². The van der Waals surface area contributed by atoms with E-state index in [9.17, 15) is 24.8 Å². The fourth-order valence-electron chi connectivity index (χ4n) is 2.25. The highest BCUT2D eigenvalue weighted by atomic mass is 16.6. The summed E-state index contributed by atoms with van der Waals surface area (Å²) >= 11 is 0. The molecule has 1 atom stereocenters. The zero-order valence-electron chi connectivity index (χ0n) is 13.9. The number of carbonyl (C=O) groups is 2. The number of hydrogen-bond acceptors (Lipinski definition) is 7. The maximum absolute atomic E-state index is 12.2. The molecule has 0 heterocycles. The van der Waals surface area contributed by atoms with Crippen LogP contribution in [0.3, 0.4) is 0 Å². The van der Waals surface area contributed by atoms with Gasteiger partial charge in [-0.2, -0.15) is 0 Å². The molecule has 2 aromatic rings. The fourth-order valence-corrected chi connectivity index (χ4v) is 2.25. The molecule has 0 radical (unpaired) electrons. The second kappa shape index (κ2) is 7.97. The number of nitro benzene ring substituents is 1. The smallest absolute Gasteiger partial charge is 0.350 e. The minimum absolute atomic E-state index is 0.0430. The third-order valence-corrected chi connectivity index (χ3v) is 3.47. The summed E-state index contributed by atoms with van der Waals surface area (Å²) in [6, 6.07) is 9.81. The van der Waals surface area contributed by atoms with Crippen molar-refractivity contribution in [3.63, 3.8) is 0 Å². The average Bonchev–Trinajstić information content (AvgIpc) is 2.65. The van der Waals surface area contributed by atoms with Crippen molar-refractivity contribution in [2.45, 2.75) is 6.10 Å². The quantitative estimate of drug-likeness (QED) is 0.453. The summed E-state index contributed by atoms with van der Waals surface area (Å²) in [6.07, 6.45) is -1.90. The SMILES string of the molecule is COc1cc(C(OC(=O)c2ccccc2)C(=O)O)c([N+](=O)[O-])cc1OC. The molecule has 0 aliphatic rings. The number of esters is 1. The molecule has 0 amide bonds. The molecule has 136 valence electrons. The molecule has 2 rings (SSSR count). The Labute approximate surface area is 147 Å². The molecule has 0 aliphatic heterocycles. The van der Waals surface area contributed by atoms with Gasteiger partial charge in [-0.1, -0.05) is 18.2 Å². The molecule has 26 heavy (non-hydrogen) atoms. The lowest BCUT2D eigenvalue weighted by Gasteiger charge is -2.16. The lowest BCUT2D eigenvalue weighted by Crippen LogP contribution is -2.20. The van der Waals surface area contributed by atoms with E-state index in [0.717, 1.165) is 12.1 Å². The molecule has 0 spiro atoms. The standard InChI is InChI=1S/C17H15NO8/c1-24-13-8-11(12(18(22)23)9-14(13)25-2)15(16(19)20)26-17(21)10-6-4-3-5-7-10/h3-9,15H,1-2H3,(H,19,20). The Morgan fingerprint density at radius 1 is 1.08 bits per heavy atom. The van der Waals surface area contributed by atoms with Gasteiger partial charge < -0.3 is 19.3 Å². The number of nitro groups is 1. The van der Waals surface area contributed by atoms with Gasteiger partial charge in [0.2, 0.25) is 6.10 Å². The fraction of sp³-hybridized carbons (Fsp3) is 0.176. The van der Waals surface area contributed by atoms with Crippen molar-refractivity contribution < 1.29 is 33.8 Å². The summed E-state index contributed by atoms with van der Waals surface area (Å²) in [5, 5.41) is 20.8. The normalized spacial score (nSPS) is 11.3. The van der Waals surface area contributed by atoms with Gasteiger partial charge in [0.05, 0.1) is 36.3 Å². The Morgan fingerprint density at radius 3 is 2.15 bits per heavy atom. The van der Waals surface area contributed by atoms with Gasteiger partial charge in [0.15, 0.2) is 11.5 Å².